The number of morpholine rings is 1. The zero-order chi connectivity index (χ0) is 21.4. The summed E-state index contributed by atoms with van der Waals surface area (Å²) in [5, 5.41) is 3.23. The van der Waals surface area contributed by atoms with E-state index < -0.39 is 5.54 Å². The fourth-order valence-electron chi connectivity index (χ4n) is 4.86. The van der Waals surface area contributed by atoms with Crippen molar-refractivity contribution in [2.24, 2.45) is 5.92 Å². The van der Waals surface area contributed by atoms with Crippen LogP contribution in [0.3, 0.4) is 0 Å². The number of carbonyl (C=O) groups excluding carboxylic acids is 3. The largest absolute Gasteiger partial charge is 0.466 e. The Morgan fingerprint density at radius 1 is 1.17 bits per heavy atom. The van der Waals surface area contributed by atoms with Gasteiger partial charge in [-0.25, -0.2) is 0 Å². The Morgan fingerprint density at radius 3 is 2.60 bits per heavy atom. The van der Waals surface area contributed by atoms with E-state index in [1.165, 1.54) is 0 Å². The smallest absolute Gasteiger partial charge is 0.308 e. The molecule has 30 heavy (non-hydrogen) atoms. The third kappa shape index (κ3) is 6.41. The average molecular weight is 424 g/mol. The minimum absolute atomic E-state index is 0.0231. The summed E-state index contributed by atoms with van der Waals surface area (Å²) in [7, 11) is 0. The molecule has 1 atom stereocenters. The van der Waals surface area contributed by atoms with Crippen LogP contribution in [-0.4, -0.2) is 85.7 Å². The highest BCUT2D eigenvalue weighted by molar-refractivity contribution is 5.85. The van der Waals surface area contributed by atoms with Gasteiger partial charge in [0, 0.05) is 39.1 Å². The average Bonchev–Trinajstić information content (AvgIpc) is 2.74. The summed E-state index contributed by atoms with van der Waals surface area (Å²) in [6, 6.07) is 0. The van der Waals surface area contributed by atoms with Crippen LogP contribution < -0.4 is 5.32 Å². The van der Waals surface area contributed by atoms with Crippen LogP contribution in [0.1, 0.15) is 58.3 Å². The monoisotopic (exact) mass is 423 g/mol. The number of likely N-dealkylation sites (tertiary alicyclic amines) is 1. The molecule has 2 heterocycles. The van der Waals surface area contributed by atoms with Crippen LogP contribution in [0.4, 0.5) is 0 Å². The third-order valence-corrected chi connectivity index (χ3v) is 6.65. The van der Waals surface area contributed by atoms with Crippen LogP contribution in [0.5, 0.6) is 0 Å². The van der Waals surface area contributed by atoms with Crippen molar-refractivity contribution in [3.63, 3.8) is 0 Å². The van der Waals surface area contributed by atoms with Crippen LogP contribution in [0.25, 0.3) is 0 Å². The van der Waals surface area contributed by atoms with Gasteiger partial charge in [-0.15, -0.1) is 0 Å². The summed E-state index contributed by atoms with van der Waals surface area (Å²) in [4.78, 5) is 41.8. The molecule has 0 radical (unpaired) electrons. The molecule has 1 saturated carbocycles. The number of hydrogen-bond acceptors (Lipinski definition) is 6. The van der Waals surface area contributed by atoms with Gasteiger partial charge in [-0.1, -0.05) is 19.3 Å². The lowest BCUT2D eigenvalue weighted by atomic mass is 9.78. The van der Waals surface area contributed by atoms with Crippen LogP contribution in [0, 0.1) is 5.92 Å². The number of ether oxygens (including phenoxy) is 2. The Balaban J connectivity index is 1.55. The van der Waals surface area contributed by atoms with Crippen molar-refractivity contribution in [3.05, 3.63) is 0 Å². The maximum absolute atomic E-state index is 13.1. The summed E-state index contributed by atoms with van der Waals surface area (Å²) in [6.45, 7) is 7.34. The van der Waals surface area contributed by atoms with Crippen LogP contribution in [0.2, 0.25) is 0 Å². The van der Waals surface area contributed by atoms with Crippen LogP contribution >= 0.6 is 0 Å². The van der Waals surface area contributed by atoms with Gasteiger partial charge in [-0.05, 0) is 26.2 Å². The number of hydrogen-bond donors (Lipinski definition) is 1. The van der Waals surface area contributed by atoms with E-state index in [-0.39, 0.29) is 30.1 Å². The molecule has 3 aliphatic rings. The minimum atomic E-state index is -0.498. The second-order valence-electron chi connectivity index (χ2n) is 8.84. The first-order chi connectivity index (χ1) is 14.5. The first kappa shape index (κ1) is 23.0. The molecule has 8 nitrogen and oxygen atoms in total. The number of rotatable bonds is 8. The molecule has 0 aromatic rings. The van der Waals surface area contributed by atoms with Gasteiger partial charge in [0.25, 0.3) is 0 Å². The van der Waals surface area contributed by atoms with E-state index >= 15 is 0 Å². The molecule has 0 unspecified atom stereocenters. The van der Waals surface area contributed by atoms with Crippen molar-refractivity contribution in [1.82, 2.24) is 15.1 Å². The number of piperidine rings is 1. The molecule has 0 bridgehead atoms. The van der Waals surface area contributed by atoms with Crippen LogP contribution in [-0.2, 0) is 23.9 Å². The first-order valence-corrected chi connectivity index (χ1v) is 11.6. The lowest BCUT2D eigenvalue weighted by Crippen LogP contribution is -2.55. The van der Waals surface area contributed by atoms with Gasteiger partial charge in [0.05, 0.1) is 37.7 Å². The molecule has 1 N–H and O–H groups in total. The van der Waals surface area contributed by atoms with E-state index in [2.05, 4.69) is 10.2 Å². The molecule has 3 rings (SSSR count). The predicted octanol–water partition coefficient (Wildman–Crippen LogP) is 1.33. The number of esters is 1. The second kappa shape index (κ2) is 11.1. The molecule has 2 aliphatic heterocycles. The molecule has 2 amide bonds. The highest BCUT2D eigenvalue weighted by Gasteiger charge is 2.39. The van der Waals surface area contributed by atoms with Gasteiger partial charge in [0.1, 0.15) is 0 Å². The fraction of sp³-hybridized carbons (Fsp3) is 0.864. The number of nitrogens with zero attached hydrogens (tertiary/aromatic N) is 2. The summed E-state index contributed by atoms with van der Waals surface area (Å²) < 4.78 is 10.5. The number of carbonyl (C=O) groups is 3. The van der Waals surface area contributed by atoms with E-state index in [9.17, 15) is 14.4 Å². The van der Waals surface area contributed by atoms with Crippen molar-refractivity contribution in [2.75, 3.05) is 52.5 Å². The van der Waals surface area contributed by atoms with Gasteiger partial charge in [-0.2, -0.15) is 0 Å². The Labute approximate surface area is 179 Å². The highest BCUT2D eigenvalue weighted by Crippen LogP contribution is 2.32. The van der Waals surface area contributed by atoms with E-state index in [4.69, 9.17) is 9.47 Å². The van der Waals surface area contributed by atoms with Crippen LogP contribution in [0.15, 0.2) is 0 Å². The lowest BCUT2D eigenvalue weighted by Gasteiger charge is -2.40. The summed E-state index contributed by atoms with van der Waals surface area (Å²) in [5.74, 6) is -0.352. The van der Waals surface area contributed by atoms with Gasteiger partial charge >= 0.3 is 5.97 Å². The van der Waals surface area contributed by atoms with Gasteiger partial charge in [0.2, 0.25) is 11.8 Å². The second-order valence-corrected chi connectivity index (χ2v) is 8.84. The van der Waals surface area contributed by atoms with Crippen molar-refractivity contribution in [1.29, 1.82) is 0 Å². The Bertz CT molecular complexity index is 600. The standard InChI is InChI=1S/C22H37N3O5/c1-2-30-20(27)16-22(8-4-3-5-9-22)23-21(28)18-6-7-19(26)25(17-18)11-10-24-12-14-29-15-13-24/h18H,2-17H2,1H3,(H,23,28)/t18-/m0/s1. The molecule has 0 spiro atoms. The molecular formula is C22H37N3O5. The summed E-state index contributed by atoms with van der Waals surface area (Å²) in [5.41, 5.74) is -0.498. The molecule has 3 fully saturated rings. The molecule has 170 valence electrons. The van der Waals surface area contributed by atoms with Gasteiger partial charge in [0.15, 0.2) is 0 Å². The quantitative estimate of drug-likeness (QED) is 0.593. The topological polar surface area (TPSA) is 88.2 Å². The fourth-order valence-corrected chi connectivity index (χ4v) is 4.86. The number of nitrogens with one attached hydrogen (secondary N) is 1. The van der Waals surface area contributed by atoms with Crippen molar-refractivity contribution in [3.8, 4) is 0 Å². The van der Waals surface area contributed by atoms with Gasteiger partial charge < -0.3 is 19.7 Å². The molecular weight excluding hydrogens is 386 g/mol. The molecule has 1 aliphatic carbocycles. The lowest BCUT2D eigenvalue weighted by molar-refractivity contribution is -0.146. The summed E-state index contributed by atoms with van der Waals surface area (Å²) in [6.07, 6.45) is 5.99. The van der Waals surface area contributed by atoms with E-state index in [0.717, 1.165) is 65.0 Å². The van der Waals surface area contributed by atoms with Crippen molar-refractivity contribution < 1.29 is 23.9 Å². The van der Waals surface area contributed by atoms with Crippen molar-refractivity contribution >= 4 is 17.8 Å². The highest BCUT2D eigenvalue weighted by atomic mass is 16.5. The Kier molecular flexibility index (Phi) is 8.50. The van der Waals surface area contributed by atoms with E-state index in [0.29, 0.717) is 32.5 Å². The van der Waals surface area contributed by atoms with E-state index in [1.807, 2.05) is 4.90 Å². The normalized spacial score (nSPS) is 25.0. The molecule has 2 saturated heterocycles. The predicted molar refractivity (Wildman–Crippen MR) is 112 cm³/mol. The molecule has 0 aromatic heterocycles. The number of amides is 2. The van der Waals surface area contributed by atoms with Crippen molar-refractivity contribution in [2.45, 2.75) is 63.8 Å². The molecule has 8 heteroatoms. The molecule has 0 aromatic carbocycles. The third-order valence-electron chi connectivity index (χ3n) is 6.65. The SMILES string of the molecule is CCOC(=O)CC1(NC(=O)[C@H]2CCC(=O)N(CCN3CCOCC3)C2)CCCCC1. The zero-order valence-corrected chi connectivity index (χ0v) is 18.3. The summed E-state index contributed by atoms with van der Waals surface area (Å²) >= 11 is 0. The van der Waals surface area contributed by atoms with Gasteiger partial charge in [-0.3, -0.25) is 19.3 Å². The van der Waals surface area contributed by atoms with E-state index in [1.54, 1.807) is 6.92 Å². The Hall–Kier alpha value is -1.67. The minimum Gasteiger partial charge on any atom is -0.466 e. The maximum Gasteiger partial charge on any atom is 0.308 e. The maximum atomic E-state index is 13.1. The Morgan fingerprint density at radius 2 is 1.90 bits per heavy atom. The zero-order valence-electron chi connectivity index (χ0n) is 18.3. The first-order valence-electron chi connectivity index (χ1n) is 11.6.